The molecule has 106 valence electrons. The van der Waals surface area contributed by atoms with Gasteiger partial charge in [-0.1, -0.05) is 84.2 Å². The van der Waals surface area contributed by atoms with Crippen molar-refractivity contribution in [2.75, 3.05) is 0 Å². The van der Waals surface area contributed by atoms with Crippen LogP contribution in [0.3, 0.4) is 0 Å². The molecule has 0 aliphatic rings. The normalized spacial score (nSPS) is 12.6. The molecule has 0 nitrogen and oxygen atoms in total. The van der Waals surface area contributed by atoms with Crippen LogP contribution in [0.5, 0.6) is 0 Å². The van der Waals surface area contributed by atoms with E-state index in [9.17, 15) is 0 Å². The average molecular weight is 469 g/mol. The predicted molar refractivity (Wildman–Crippen MR) is 101 cm³/mol. The van der Waals surface area contributed by atoms with Crippen molar-refractivity contribution in [1.82, 2.24) is 0 Å². The first-order valence-corrected chi connectivity index (χ1v) is 9.15. The van der Waals surface area contributed by atoms with Gasteiger partial charge in [0.2, 0.25) is 0 Å². The maximum atomic E-state index is 3.90. The van der Waals surface area contributed by atoms with Crippen molar-refractivity contribution in [2.45, 2.75) is 11.8 Å². The molecule has 3 aromatic carbocycles. The Hall–Kier alpha value is -0.640. The van der Waals surface area contributed by atoms with Gasteiger partial charge in [-0.25, -0.2) is 0 Å². The molecule has 0 saturated carbocycles. The van der Waals surface area contributed by atoms with Gasteiger partial charge >= 0.3 is 0 Å². The Morgan fingerprint density at radius 3 is 2.48 bits per heavy atom. The van der Waals surface area contributed by atoms with Gasteiger partial charge < -0.3 is 0 Å². The molecule has 0 aliphatic carbocycles. The Morgan fingerprint density at radius 2 is 1.67 bits per heavy atom. The van der Waals surface area contributed by atoms with Crippen molar-refractivity contribution < 1.29 is 0 Å². The second-order valence-corrected chi connectivity index (χ2v) is 7.73. The van der Waals surface area contributed by atoms with Crippen molar-refractivity contribution >= 4 is 58.6 Å². The van der Waals surface area contributed by atoms with Gasteiger partial charge in [-0.15, -0.1) is 0 Å². The van der Waals surface area contributed by atoms with Crippen molar-refractivity contribution in [3.8, 4) is 0 Å². The molecule has 3 heteroatoms. The molecule has 21 heavy (non-hydrogen) atoms. The molecule has 0 aliphatic heterocycles. The van der Waals surface area contributed by atoms with Gasteiger partial charge in [0.15, 0.2) is 0 Å². The minimum absolute atomic E-state index is 0.149. The van der Waals surface area contributed by atoms with Gasteiger partial charge in [-0.2, -0.15) is 0 Å². The summed E-state index contributed by atoms with van der Waals surface area (Å²) in [5.74, 6) is 0. The van der Waals surface area contributed by atoms with Crippen LogP contribution in [0, 0.1) is 6.92 Å². The molecule has 1 unspecified atom stereocenters. The maximum absolute atomic E-state index is 3.90. The van der Waals surface area contributed by atoms with Gasteiger partial charge in [-0.3, -0.25) is 0 Å². The molecule has 0 bridgehead atoms. The van der Waals surface area contributed by atoms with Crippen LogP contribution in [-0.2, 0) is 0 Å². The van der Waals surface area contributed by atoms with Crippen molar-refractivity contribution in [2.24, 2.45) is 0 Å². The average Bonchev–Trinajstić information content (AvgIpc) is 2.49. The Bertz CT molecular complexity index is 809. The first-order chi connectivity index (χ1) is 10.1. The molecule has 0 heterocycles. The van der Waals surface area contributed by atoms with Crippen molar-refractivity contribution in [1.29, 1.82) is 0 Å². The third-order valence-corrected chi connectivity index (χ3v) is 5.84. The smallest absolute Gasteiger partial charge is 0.0664 e. The quantitative estimate of drug-likeness (QED) is 0.350. The topological polar surface area (TPSA) is 0 Å². The first kappa shape index (κ1) is 15.3. The Labute approximate surface area is 150 Å². The molecule has 1 atom stereocenters. The number of hydrogen-bond donors (Lipinski definition) is 0. The summed E-state index contributed by atoms with van der Waals surface area (Å²) < 4.78 is 2.20. The minimum atomic E-state index is 0.149. The molecule has 0 saturated heterocycles. The Balaban J connectivity index is 2.24. The van der Waals surface area contributed by atoms with Gasteiger partial charge in [0.05, 0.1) is 4.83 Å². The molecule has 3 rings (SSSR count). The summed E-state index contributed by atoms with van der Waals surface area (Å²) in [5, 5.41) is 2.57. The standard InChI is InChI=1S/C18H13Br3/c1-11-6-7-12-4-2-3-5-14(12)17(11)18(21)15-10-13(19)8-9-16(15)20/h2-10,18H,1H3. The number of aryl methyl sites for hydroxylation is 1. The van der Waals surface area contributed by atoms with E-state index in [0.717, 1.165) is 8.95 Å². The van der Waals surface area contributed by atoms with Crippen LogP contribution in [0.25, 0.3) is 10.8 Å². The number of hydrogen-bond acceptors (Lipinski definition) is 0. The summed E-state index contributed by atoms with van der Waals surface area (Å²) in [4.78, 5) is 0.149. The van der Waals surface area contributed by atoms with E-state index in [1.807, 2.05) is 6.07 Å². The summed E-state index contributed by atoms with van der Waals surface area (Å²) >= 11 is 11.1. The third kappa shape index (κ3) is 2.96. The van der Waals surface area contributed by atoms with E-state index in [-0.39, 0.29) is 4.83 Å². The van der Waals surface area contributed by atoms with E-state index >= 15 is 0 Å². The third-order valence-electron chi connectivity index (χ3n) is 3.67. The number of halogens is 3. The molecule has 0 amide bonds. The molecule has 0 spiro atoms. The molecule has 0 fully saturated rings. The Morgan fingerprint density at radius 1 is 0.905 bits per heavy atom. The van der Waals surface area contributed by atoms with Crippen LogP contribution < -0.4 is 0 Å². The van der Waals surface area contributed by atoms with Gasteiger partial charge in [0, 0.05) is 8.95 Å². The summed E-state index contributed by atoms with van der Waals surface area (Å²) in [6, 6.07) is 19.2. The van der Waals surface area contributed by atoms with Crippen molar-refractivity contribution in [3.63, 3.8) is 0 Å². The van der Waals surface area contributed by atoms with Crippen molar-refractivity contribution in [3.05, 3.63) is 80.2 Å². The van der Waals surface area contributed by atoms with Crippen LogP contribution in [0.15, 0.2) is 63.5 Å². The van der Waals surface area contributed by atoms with Gasteiger partial charge in [-0.05, 0) is 52.6 Å². The lowest BCUT2D eigenvalue weighted by molar-refractivity contribution is 1.15. The van der Waals surface area contributed by atoms with E-state index in [1.54, 1.807) is 0 Å². The zero-order valence-electron chi connectivity index (χ0n) is 11.4. The molecular formula is C18H13Br3. The Kier molecular flexibility index (Phi) is 4.53. The second kappa shape index (κ2) is 6.23. The highest BCUT2D eigenvalue weighted by Gasteiger charge is 2.18. The predicted octanol–water partition coefficient (Wildman–Crippen LogP) is 7.16. The van der Waals surface area contributed by atoms with Crippen LogP contribution in [0.2, 0.25) is 0 Å². The number of fused-ring (bicyclic) bond motifs is 1. The lowest BCUT2D eigenvalue weighted by atomic mass is 9.94. The zero-order chi connectivity index (χ0) is 15.0. The van der Waals surface area contributed by atoms with Gasteiger partial charge in [0.25, 0.3) is 0 Å². The second-order valence-electron chi connectivity index (χ2n) is 5.05. The fourth-order valence-corrected chi connectivity index (χ4v) is 4.75. The highest BCUT2D eigenvalue weighted by atomic mass is 79.9. The number of rotatable bonds is 2. The molecule has 0 N–H and O–H groups in total. The van der Waals surface area contributed by atoms with Crippen LogP contribution in [0.4, 0.5) is 0 Å². The maximum Gasteiger partial charge on any atom is 0.0664 e. The molecular weight excluding hydrogens is 456 g/mol. The van der Waals surface area contributed by atoms with E-state index < -0.39 is 0 Å². The highest BCUT2D eigenvalue weighted by Crippen LogP contribution is 2.41. The lowest BCUT2D eigenvalue weighted by Gasteiger charge is -2.18. The van der Waals surface area contributed by atoms with E-state index in [0.29, 0.717) is 0 Å². The molecule has 0 radical (unpaired) electrons. The fraction of sp³-hybridized carbons (Fsp3) is 0.111. The van der Waals surface area contributed by atoms with Crippen LogP contribution in [0.1, 0.15) is 21.5 Å². The monoisotopic (exact) mass is 466 g/mol. The SMILES string of the molecule is Cc1ccc2ccccc2c1C(Br)c1cc(Br)ccc1Br. The van der Waals surface area contributed by atoms with Crippen LogP contribution >= 0.6 is 47.8 Å². The fourth-order valence-electron chi connectivity index (χ4n) is 2.61. The largest absolute Gasteiger partial charge is 0.0786 e. The van der Waals surface area contributed by atoms with E-state index in [2.05, 4.69) is 103 Å². The lowest BCUT2D eigenvalue weighted by Crippen LogP contribution is -1.98. The van der Waals surface area contributed by atoms with E-state index in [1.165, 1.54) is 27.5 Å². The summed E-state index contributed by atoms with van der Waals surface area (Å²) in [6.07, 6.45) is 0. The van der Waals surface area contributed by atoms with E-state index in [4.69, 9.17) is 0 Å². The number of benzene rings is 3. The van der Waals surface area contributed by atoms with Gasteiger partial charge in [0.1, 0.15) is 0 Å². The minimum Gasteiger partial charge on any atom is -0.0786 e. The summed E-state index contributed by atoms with van der Waals surface area (Å²) in [7, 11) is 0. The summed E-state index contributed by atoms with van der Waals surface area (Å²) in [6.45, 7) is 2.17. The zero-order valence-corrected chi connectivity index (χ0v) is 16.2. The highest BCUT2D eigenvalue weighted by molar-refractivity contribution is 9.11. The summed E-state index contributed by atoms with van der Waals surface area (Å²) in [5.41, 5.74) is 3.85. The van der Waals surface area contributed by atoms with Crippen LogP contribution in [-0.4, -0.2) is 0 Å². The molecule has 3 aromatic rings. The molecule has 0 aromatic heterocycles. The number of alkyl halides is 1. The first-order valence-electron chi connectivity index (χ1n) is 6.65.